The predicted molar refractivity (Wildman–Crippen MR) is 87.9 cm³/mol. The van der Waals surface area contributed by atoms with Gasteiger partial charge in [0.2, 0.25) is 5.69 Å². The molecule has 114 valence electrons. The van der Waals surface area contributed by atoms with Gasteiger partial charge in [-0.25, -0.2) is 4.57 Å². The Balaban J connectivity index is 1.88. The van der Waals surface area contributed by atoms with Crippen molar-refractivity contribution in [2.45, 2.75) is 51.0 Å². The largest absolute Gasteiger partial charge is 0.486 e. The maximum Gasteiger partial charge on any atom is 0.216 e. The molecule has 1 saturated carbocycles. The summed E-state index contributed by atoms with van der Waals surface area (Å²) in [5.41, 5.74) is 5.32. The molecule has 1 spiro atoms. The molecule has 1 aromatic carbocycles. The minimum Gasteiger partial charge on any atom is -0.486 e. The van der Waals surface area contributed by atoms with Crippen molar-refractivity contribution in [2.24, 2.45) is 7.05 Å². The van der Waals surface area contributed by atoms with Crippen LogP contribution in [0.25, 0.3) is 11.3 Å². The molecule has 1 aromatic heterocycles. The third-order valence-corrected chi connectivity index (χ3v) is 5.44. The van der Waals surface area contributed by atoms with Crippen LogP contribution in [0.15, 0.2) is 36.5 Å². The van der Waals surface area contributed by atoms with Crippen LogP contribution < -0.4 is 9.30 Å². The van der Waals surface area contributed by atoms with Crippen molar-refractivity contribution in [1.82, 2.24) is 0 Å². The first-order chi connectivity index (χ1) is 10.7. The summed E-state index contributed by atoms with van der Waals surface area (Å²) in [7, 11) is 2.11. The molecule has 2 aromatic rings. The molecule has 0 bridgehead atoms. The van der Waals surface area contributed by atoms with E-state index >= 15 is 0 Å². The molecule has 0 N–H and O–H groups in total. The molecule has 2 nitrogen and oxygen atoms in total. The van der Waals surface area contributed by atoms with Gasteiger partial charge in [0, 0.05) is 12.1 Å². The number of pyridine rings is 1. The van der Waals surface area contributed by atoms with Crippen LogP contribution in [0, 0.1) is 6.92 Å². The minimum atomic E-state index is 0.114. The van der Waals surface area contributed by atoms with Gasteiger partial charge in [0.15, 0.2) is 6.20 Å². The van der Waals surface area contributed by atoms with E-state index < -0.39 is 0 Å². The molecule has 0 saturated heterocycles. The molecule has 4 rings (SSSR count). The number of aryl methyl sites for hydroxylation is 3. The SMILES string of the molecule is Cc1ccc2c(c1-c1cccc[n+]1C)OC1(CCCC1)CC2. The van der Waals surface area contributed by atoms with E-state index in [1.54, 1.807) is 0 Å². The molecule has 22 heavy (non-hydrogen) atoms. The van der Waals surface area contributed by atoms with Crippen molar-refractivity contribution < 1.29 is 9.30 Å². The van der Waals surface area contributed by atoms with Crippen LogP contribution >= 0.6 is 0 Å². The highest BCUT2D eigenvalue weighted by molar-refractivity contribution is 5.71. The van der Waals surface area contributed by atoms with E-state index in [1.165, 1.54) is 54.5 Å². The number of benzene rings is 1. The van der Waals surface area contributed by atoms with Crippen molar-refractivity contribution in [1.29, 1.82) is 0 Å². The Morgan fingerprint density at radius 3 is 2.64 bits per heavy atom. The average Bonchev–Trinajstić information content (AvgIpc) is 2.96. The molecule has 1 fully saturated rings. The summed E-state index contributed by atoms with van der Waals surface area (Å²) in [4.78, 5) is 0. The quantitative estimate of drug-likeness (QED) is 0.721. The van der Waals surface area contributed by atoms with Crippen LogP contribution in [0.4, 0.5) is 0 Å². The third-order valence-electron chi connectivity index (χ3n) is 5.44. The molecular weight excluding hydrogens is 270 g/mol. The summed E-state index contributed by atoms with van der Waals surface area (Å²) in [6, 6.07) is 10.9. The van der Waals surface area contributed by atoms with Gasteiger partial charge in [0.25, 0.3) is 0 Å². The molecule has 2 aliphatic rings. The summed E-state index contributed by atoms with van der Waals surface area (Å²) in [5.74, 6) is 1.15. The van der Waals surface area contributed by atoms with Crippen LogP contribution in [-0.2, 0) is 13.5 Å². The lowest BCUT2D eigenvalue weighted by Crippen LogP contribution is -2.37. The average molecular weight is 294 g/mol. The maximum atomic E-state index is 6.69. The summed E-state index contributed by atoms with van der Waals surface area (Å²) >= 11 is 0. The summed E-state index contributed by atoms with van der Waals surface area (Å²) < 4.78 is 8.88. The van der Waals surface area contributed by atoms with Crippen LogP contribution in [0.1, 0.15) is 43.2 Å². The van der Waals surface area contributed by atoms with Crippen molar-refractivity contribution in [2.75, 3.05) is 0 Å². The number of hydrogen-bond donors (Lipinski definition) is 0. The highest BCUT2D eigenvalue weighted by Crippen LogP contribution is 2.47. The first kappa shape index (κ1) is 13.8. The smallest absolute Gasteiger partial charge is 0.216 e. The molecule has 0 amide bonds. The van der Waals surface area contributed by atoms with Gasteiger partial charge in [-0.3, -0.25) is 0 Å². The van der Waals surface area contributed by atoms with Gasteiger partial charge in [-0.2, -0.15) is 0 Å². The van der Waals surface area contributed by atoms with E-state index in [4.69, 9.17) is 4.74 Å². The Bertz CT molecular complexity index is 714. The monoisotopic (exact) mass is 294 g/mol. The molecule has 1 aliphatic carbocycles. The van der Waals surface area contributed by atoms with Crippen LogP contribution in [-0.4, -0.2) is 5.60 Å². The fraction of sp³-hybridized carbons (Fsp3) is 0.450. The van der Waals surface area contributed by atoms with Gasteiger partial charge >= 0.3 is 0 Å². The zero-order valence-corrected chi connectivity index (χ0v) is 13.6. The molecule has 2 heterocycles. The van der Waals surface area contributed by atoms with Gasteiger partial charge in [-0.1, -0.05) is 12.1 Å². The predicted octanol–water partition coefficient (Wildman–Crippen LogP) is 4.12. The van der Waals surface area contributed by atoms with E-state index in [0.717, 1.165) is 12.2 Å². The maximum absolute atomic E-state index is 6.69. The lowest BCUT2D eigenvalue weighted by molar-refractivity contribution is -0.660. The van der Waals surface area contributed by atoms with Crippen LogP contribution in [0.5, 0.6) is 5.75 Å². The van der Waals surface area contributed by atoms with Gasteiger partial charge in [0.1, 0.15) is 18.4 Å². The lowest BCUT2D eigenvalue weighted by atomic mass is 9.87. The number of fused-ring (bicyclic) bond motifs is 1. The van der Waals surface area contributed by atoms with Crippen molar-refractivity contribution >= 4 is 0 Å². The molecular formula is C20H24NO+. The lowest BCUT2D eigenvalue weighted by Gasteiger charge is -2.36. The van der Waals surface area contributed by atoms with E-state index in [2.05, 4.69) is 55.1 Å². The topological polar surface area (TPSA) is 13.1 Å². The van der Waals surface area contributed by atoms with E-state index in [9.17, 15) is 0 Å². The molecule has 2 heteroatoms. The molecule has 0 atom stereocenters. The molecule has 1 aliphatic heterocycles. The fourth-order valence-corrected chi connectivity index (χ4v) is 4.14. The number of rotatable bonds is 1. The van der Waals surface area contributed by atoms with E-state index in [-0.39, 0.29) is 5.60 Å². The Morgan fingerprint density at radius 2 is 1.86 bits per heavy atom. The highest BCUT2D eigenvalue weighted by atomic mass is 16.5. The van der Waals surface area contributed by atoms with Crippen molar-refractivity contribution in [3.8, 4) is 17.0 Å². The van der Waals surface area contributed by atoms with Gasteiger partial charge in [-0.15, -0.1) is 0 Å². The Kier molecular flexibility index (Phi) is 3.21. The third kappa shape index (κ3) is 2.13. The number of nitrogens with zero attached hydrogens (tertiary/aromatic N) is 1. The second-order valence-electron chi connectivity index (χ2n) is 6.93. The van der Waals surface area contributed by atoms with Crippen LogP contribution in [0.2, 0.25) is 0 Å². The summed E-state index contributed by atoms with van der Waals surface area (Å²) in [6.07, 6.45) is 9.53. The van der Waals surface area contributed by atoms with Gasteiger partial charge < -0.3 is 4.74 Å². The number of aromatic nitrogens is 1. The second-order valence-corrected chi connectivity index (χ2v) is 6.93. The standard InChI is InChI=1S/C20H24NO/c1-15-8-9-16-10-13-20(11-4-5-12-20)22-19(16)18(15)17-7-3-6-14-21(17)2/h3,6-9,14H,4-5,10-13H2,1-2H3/q+1. The number of hydrogen-bond acceptors (Lipinski definition) is 1. The zero-order chi connectivity index (χ0) is 15.2. The number of ether oxygens (including phenoxy) is 1. The second kappa shape index (κ2) is 5.12. The van der Waals surface area contributed by atoms with Gasteiger partial charge in [-0.05, 0) is 62.6 Å². The van der Waals surface area contributed by atoms with E-state index in [1.807, 2.05) is 0 Å². The zero-order valence-electron chi connectivity index (χ0n) is 13.6. The summed E-state index contributed by atoms with van der Waals surface area (Å²) in [6.45, 7) is 2.20. The van der Waals surface area contributed by atoms with E-state index in [0.29, 0.717) is 0 Å². The fourth-order valence-electron chi connectivity index (χ4n) is 4.14. The minimum absolute atomic E-state index is 0.114. The Labute approximate surface area is 132 Å². The van der Waals surface area contributed by atoms with Crippen molar-refractivity contribution in [3.05, 3.63) is 47.7 Å². The normalized spacial score (nSPS) is 19.0. The van der Waals surface area contributed by atoms with Gasteiger partial charge in [0.05, 0.1) is 5.56 Å². The molecule has 0 radical (unpaired) electrons. The Morgan fingerprint density at radius 1 is 1.05 bits per heavy atom. The first-order valence-electron chi connectivity index (χ1n) is 8.45. The summed E-state index contributed by atoms with van der Waals surface area (Å²) in [5, 5.41) is 0. The van der Waals surface area contributed by atoms with Crippen LogP contribution in [0.3, 0.4) is 0 Å². The highest BCUT2D eigenvalue weighted by Gasteiger charge is 2.40. The first-order valence-corrected chi connectivity index (χ1v) is 8.45. The van der Waals surface area contributed by atoms with Crippen molar-refractivity contribution in [3.63, 3.8) is 0 Å². The Hall–Kier alpha value is -1.83. The molecule has 0 unspecified atom stereocenters.